The zero-order chi connectivity index (χ0) is 22.7. The molecule has 0 saturated carbocycles. The first kappa shape index (κ1) is 22.2. The van der Waals surface area contributed by atoms with E-state index in [1.165, 1.54) is 4.68 Å². The lowest BCUT2D eigenvalue weighted by atomic mass is 10.2. The molecular formula is C22H18Cl3N5O2. The first-order valence-corrected chi connectivity index (χ1v) is 10.7. The van der Waals surface area contributed by atoms with Gasteiger partial charge in [-0.1, -0.05) is 53.0 Å². The number of hydrogen-bond donors (Lipinski definition) is 1. The normalized spacial score (nSPS) is 10.9. The Morgan fingerprint density at radius 3 is 2.62 bits per heavy atom. The van der Waals surface area contributed by atoms with E-state index in [0.717, 1.165) is 11.3 Å². The van der Waals surface area contributed by atoms with E-state index in [4.69, 9.17) is 39.5 Å². The molecular weight excluding hydrogens is 473 g/mol. The predicted octanol–water partition coefficient (Wildman–Crippen LogP) is 5.69. The number of aryl methyl sites for hydroxylation is 1. The number of rotatable bonds is 7. The summed E-state index contributed by atoms with van der Waals surface area (Å²) in [4.78, 5) is 12.6. The molecule has 0 aliphatic carbocycles. The first-order chi connectivity index (χ1) is 15.4. The zero-order valence-corrected chi connectivity index (χ0v) is 19.2. The third-order valence-corrected chi connectivity index (χ3v) is 5.52. The molecule has 0 aliphatic heterocycles. The Morgan fingerprint density at radius 2 is 1.84 bits per heavy atom. The molecule has 164 valence electrons. The smallest absolute Gasteiger partial charge is 0.277 e. The molecule has 7 nitrogen and oxygen atoms in total. The van der Waals surface area contributed by atoms with Crippen LogP contribution in [0, 0.1) is 6.92 Å². The lowest BCUT2D eigenvalue weighted by Gasteiger charge is -2.07. The highest BCUT2D eigenvalue weighted by atomic mass is 35.5. The van der Waals surface area contributed by atoms with Gasteiger partial charge in [0.2, 0.25) is 0 Å². The van der Waals surface area contributed by atoms with Crippen molar-refractivity contribution in [3.63, 3.8) is 0 Å². The minimum Gasteiger partial charge on any atom is -0.470 e. The van der Waals surface area contributed by atoms with Gasteiger partial charge in [-0.15, -0.1) is 0 Å². The first-order valence-electron chi connectivity index (χ1n) is 9.59. The number of benzene rings is 2. The summed E-state index contributed by atoms with van der Waals surface area (Å²) >= 11 is 18.3. The summed E-state index contributed by atoms with van der Waals surface area (Å²) in [6.45, 7) is 2.46. The highest BCUT2D eigenvalue weighted by Gasteiger charge is 2.14. The zero-order valence-electron chi connectivity index (χ0n) is 16.9. The number of para-hydroxylation sites is 1. The van der Waals surface area contributed by atoms with Gasteiger partial charge in [-0.3, -0.25) is 9.48 Å². The van der Waals surface area contributed by atoms with Gasteiger partial charge < -0.3 is 10.1 Å². The van der Waals surface area contributed by atoms with Crippen LogP contribution in [0.4, 0.5) is 5.82 Å². The molecule has 0 bridgehead atoms. The summed E-state index contributed by atoms with van der Waals surface area (Å²) in [6.07, 6.45) is 1.65. The molecule has 2 heterocycles. The van der Waals surface area contributed by atoms with Crippen LogP contribution in [0.25, 0.3) is 0 Å². The number of halogens is 3. The summed E-state index contributed by atoms with van der Waals surface area (Å²) in [6, 6.07) is 15.8. The molecule has 0 unspecified atom stereocenters. The Balaban J connectivity index is 1.39. The van der Waals surface area contributed by atoms with E-state index < -0.39 is 0 Å². The molecule has 0 atom stereocenters. The van der Waals surface area contributed by atoms with Crippen molar-refractivity contribution in [1.29, 1.82) is 0 Å². The topological polar surface area (TPSA) is 74.0 Å². The Bertz CT molecular complexity index is 1270. The van der Waals surface area contributed by atoms with Crippen LogP contribution < -0.4 is 10.1 Å². The fourth-order valence-electron chi connectivity index (χ4n) is 2.98. The summed E-state index contributed by atoms with van der Waals surface area (Å²) in [5.41, 5.74) is 1.98. The van der Waals surface area contributed by atoms with E-state index >= 15 is 0 Å². The standard InChI is InChI=1S/C22H18Cl3N5O2/c1-14-10-21(28-30(14)12-15-6-7-16(23)11-18(15)25)26-22(31)19-8-9-29(27-19)13-32-20-5-3-2-4-17(20)24/h2-11H,12-13H2,1H3,(H,26,28,31). The van der Waals surface area contributed by atoms with Gasteiger partial charge in [0.05, 0.1) is 11.6 Å². The average Bonchev–Trinajstić information content (AvgIpc) is 3.36. The van der Waals surface area contributed by atoms with Crippen LogP contribution in [0.5, 0.6) is 5.75 Å². The van der Waals surface area contributed by atoms with Crippen molar-refractivity contribution in [2.24, 2.45) is 0 Å². The Kier molecular flexibility index (Phi) is 6.69. The molecule has 0 spiro atoms. The second-order valence-corrected chi connectivity index (χ2v) is 8.21. The van der Waals surface area contributed by atoms with Gasteiger partial charge in [-0.05, 0) is 42.8 Å². The van der Waals surface area contributed by atoms with Gasteiger partial charge in [0, 0.05) is 28.0 Å². The fraction of sp³-hybridized carbons (Fsp3) is 0.136. The van der Waals surface area contributed by atoms with E-state index in [-0.39, 0.29) is 18.3 Å². The number of amides is 1. The van der Waals surface area contributed by atoms with Crippen LogP contribution >= 0.6 is 34.8 Å². The summed E-state index contributed by atoms with van der Waals surface area (Å²) in [7, 11) is 0. The lowest BCUT2D eigenvalue weighted by Crippen LogP contribution is -2.15. The minimum atomic E-state index is -0.379. The number of nitrogens with one attached hydrogen (secondary N) is 1. The van der Waals surface area contributed by atoms with Crippen molar-refractivity contribution >= 4 is 46.5 Å². The summed E-state index contributed by atoms with van der Waals surface area (Å²) in [5.74, 6) is 0.576. The van der Waals surface area contributed by atoms with Gasteiger partial charge in [-0.25, -0.2) is 4.68 Å². The summed E-state index contributed by atoms with van der Waals surface area (Å²) in [5, 5.41) is 13.1. The van der Waals surface area contributed by atoms with Crippen LogP contribution in [0.3, 0.4) is 0 Å². The van der Waals surface area contributed by atoms with Gasteiger partial charge in [0.1, 0.15) is 5.75 Å². The van der Waals surface area contributed by atoms with E-state index in [0.29, 0.717) is 33.2 Å². The lowest BCUT2D eigenvalue weighted by molar-refractivity contribution is 0.101. The van der Waals surface area contributed by atoms with Crippen molar-refractivity contribution in [2.45, 2.75) is 20.2 Å². The SMILES string of the molecule is Cc1cc(NC(=O)c2ccn(COc3ccccc3Cl)n2)nn1Cc1ccc(Cl)cc1Cl. The molecule has 4 aromatic rings. The number of ether oxygens (including phenoxy) is 1. The second-order valence-electron chi connectivity index (χ2n) is 6.96. The fourth-order valence-corrected chi connectivity index (χ4v) is 3.63. The number of anilines is 1. The summed E-state index contributed by atoms with van der Waals surface area (Å²) < 4.78 is 8.88. The highest BCUT2D eigenvalue weighted by Crippen LogP contribution is 2.24. The van der Waals surface area contributed by atoms with Gasteiger partial charge in [-0.2, -0.15) is 10.2 Å². The van der Waals surface area contributed by atoms with E-state index in [1.54, 1.807) is 47.3 Å². The van der Waals surface area contributed by atoms with Crippen molar-refractivity contribution in [3.05, 3.63) is 92.8 Å². The molecule has 1 amide bonds. The maximum Gasteiger partial charge on any atom is 0.277 e. The molecule has 0 saturated heterocycles. The quantitative estimate of drug-likeness (QED) is 0.361. The monoisotopic (exact) mass is 489 g/mol. The van der Waals surface area contributed by atoms with Gasteiger partial charge in [0.15, 0.2) is 18.2 Å². The van der Waals surface area contributed by atoms with Crippen molar-refractivity contribution < 1.29 is 9.53 Å². The molecule has 0 aliphatic rings. The maximum absolute atomic E-state index is 12.6. The van der Waals surface area contributed by atoms with Crippen LogP contribution in [0.2, 0.25) is 15.1 Å². The van der Waals surface area contributed by atoms with Crippen molar-refractivity contribution in [3.8, 4) is 5.75 Å². The predicted molar refractivity (Wildman–Crippen MR) is 125 cm³/mol. The Hall–Kier alpha value is -3.00. The van der Waals surface area contributed by atoms with Gasteiger partial charge in [0.25, 0.3) is 5.91 Å². The minimum absolute atomic E-state index is 0.118. The maximum atomic E-state index is 12.6. The molecule has 1 N–H and O–H groups in total. The number of hydrogen-bond acceptors (Lipinski definition) is 4. The molecule has 10 heteroatoms. The van der Waals surface area contributed by atoms with E-state index in [9.17, 15) is 4.79 Å². The Labute approximate surface area is 199 Å². The van der Waals surface area contributed by atoms with Crippen LogP contribution in [0.15, 0.2) is 60.8 Å². The third-order valence-electron chi connectivity index (χ3n) is 4.62. The van der Waals surface area contributed by atoms with Crippen molar-refractivity contribution in [1.82, 2.24) is 19.6 Å². The van der Waals surface area contributed by atoms with Crippen LogP contribution in [-0.4, -0.2) is 25.5 Å². The van der Waals surface area contributed by atoms with E-state index in [2.05, 4.69) is 15.5 Å². The van der Waals surface area contributed by atoms with Crippen LogP contribution in [0.1, 0.15) is 21.7 Å². The number of aromatic nitrogens is 4. The van der Waals surface area contributed by atoms with Crippen molar-refractivity contribution in [2.75, 3.05) is 5.32 Å². The highest BCUT2D eigenvalue weighted by molar-refractivity contribution is 6.35. The van der Waals surface area contributed by atoms with Gasteiger partial charge >= 0.3 is 0 Å². The molecule has 0 fully saturated rings. The Morgan fingerprint density at radius 1 is 1.03 bits per heavy atom. The van der Waals surface area contributed by atoms with Crippen LogP contribution in [-0.2, 0) is 13.3 Å². The molecule has 32 heavy (non-hydrogen) atoms. The second kappa shape index (κ2) is 9.65. The van der Waals surface area contributed by atoms with E-state index in [1.807, 2.05) is 25.1 Å². The number of nitrogens with zero attached hydrogens (tertiary/aromatic N) is 4. The largest absolute Gasteiger partial charge is 0.470 e. The molecule has 0 radical (unpaired) electrons. The number of carbonyl (C=O) groups is 1. The average molecular weight is 491 g/mol. The third kappa shape index (κ3) is 5.24. The molecule has 2 aromatic heterocycles. The molecule has 2 aromatic carbocycles. The molecule has 4 rings (SSSR count). The number of carbonyl (C=O) groups excluding carboxylic acids is 1.